The summed E-state index contributed by atoms with van der Waals surface area (Å²) in [6.45, 7) is 1.91. The first-order valence-corrected chi connectivity index (χ1v) is 10.6. The van der Waals surface area contributed by atoms with Gasteiger partial charge in [-0.3, -0.25) is 14.9 Å². The van der Waals surface area contributed by atoms with Crippen LogP contribution in [-0.4, -0.2) is 15.8 Å². The van der Waals surface area contributed by atoms with Crippen LogP contribution in [0.4, 0.5) is 15.8 Å². The van der Waals surface area contributed by atoms with Crippen LogP contribution >= 0.6 is 23.1 Å². The van der Waals surface area contributed by atoms with Gasteiger partial charge >= 0.3 is 5.69 Å². The van der Waals surface area contributed by atoms with E-state index in [2.05, 4.69) is 10.3 Å². The molecule has 152 valence electrons. The molecule has 1 N–H and O–H groups in total. The molecule has 2 aromatic heterocycles. The number of rotatable bonds is 6. The maximum atomic E-state index is 13.6. The fourth-order valence-corrected chi connectivity index (χ4v) is 4.75. The standard InChI is InChI=1S/C20H14FN3O4S2/c1-11-9-29-20(22-11)30-10-14-13-4-2-3-5-17(13)28-18(14)19(25)23-12-6-7-15(21)16(8-12)24(26)27/h2-9H,10H2,1H3,(H,23,25). The minimum Gasteiger partial charge on any atom is -0.451 e. The molecule has 0 bridgehead atoms. The number of aryl methyl sites for hydroxylation is 1. The predicted molar refractivity (Wildman–Crippen MR) is 114 cm³/mol. The van der Waals surface area contributed by atoms with Crippen LogP contribution < -0.4 is 5.32 Å². The molecule has 0 spiro atoms. The average molecular weight is 443 g/mol. The third kappa shape index (κ3) is 4.05. The SMILES string of the molecule is Cc1csc(SCc2c(C(=O)Nc3ccc(F)c([N+](=O)[O-])c3)oc3ccccc23)n1. The van der Waals surface area contributed by atoms with Crippen LogP contribution in [0.15, 0.2) is 56.6 Å². The van der Waals surface area contributed by atoms with Gasteiger partial charge in [0, 0.05) is 39.5 Å². The van der Waals surface area contributed by atoms with Gasteiger partial charge in [0.2, 0.25) is 5.82 Å². The number of anilines is 1. The second-order valence-electron chi connectivity index (χ2n) is 6.33. The highest BCUT2D eigenvalue weighted by Crippen LogP contribution is 2.34. The van der Waals surface area contributed by atoms with Crippen LogP contribution in [0, 0.1) is 22.9 Å². The number of carbonyl (C=O) groups is 1. The lowest BCUT2D eigenvalue weighted by atomic mass is 10.1. The van der Waals surface area contributed by atoms with Gasteiger partial charge in [-0.15, -0.1) is 11.3 Å². The summed E-state index contributed by atoms with van der Waals surface area (Å²) >= 11 is 3.01. The Labute approximate surface area is 178 Å². The Kier molecular flexibility index (Phi) is 5.51. The summed E-state index contributed by atoms with van der Waals surface area (Å²) in [5.41, 5.74) is 1.56. The van der Waals surface area contributed by atoms with E-state index in [9.17, 15) is 19.3 Å². The number of fused-ring (bicyclic) bond motifs is 1. The number of halogens is 1. The Morgan fingerprint density at radius 1 is 1.33 bits per heavy atom. The first-order valence-electron chi connectivity index (χ1n) is 8.73. The van der Waals surface area contributed by atoms with Crippen molar-refractivity contribution in [1.82, 2.24) is 4.98 Å². The Balaban J connectivity index is 1.65. The fraction of sp³-hybridized carbons (Fsp3) is 0.100. The third-order valence-corrected chi connectivity index (χ3v) is 6.41. The molecular formula is C20H14FN3O4S2. The summed E-state index contributed by atoms with van der Waals surface area (Å²) < 4.78 is 20.2. The van der Waals surface area contributed by atoms with Crippen molar-refractivity contribution in [2.45, 2.75) is 17.0 Å². The molecule has 2 heterocycles. The molecule has 0 unspecified atom stereocenters. The number of nitro benzene ring substituents is 1. The van der Waals surface area contributed by atoms with Gasteiger partial charge in [0.05, 0.1) is 4.92 Å². The van der Waals surface area contributed by atoms with Crippen molar-refractivity contribution in [2.24, 2.45) is 0 Å². The van der Waals surface area contributed by atoms with Crippen LogP contribution in [0.2, 0.25) is 0 Å². The van der Waals surface area contributed by atoms with Crippen LogP contribution in [0.3, 0.4) is 0 Å². The summed E-state index contributed by atoms with van der Waals surface area (Å²) in [5, 5.41) is 16.3. The molecular weight excluding hydrogens is 429 g/mol. The number of amides is 1. The number of aromatic nitrogens is 1. The minimum absolute atomic E-state index is 0.0997. The number of carbonyl (C=O) groups excluding carboxylic acids is 1. The van der Waals surface area contributed by atoms with Crippen molar-refractivity contribution in [2.75, 3.05) is 5.32 Å². The Morgan fingerprint density at radius 3 is 2.87 bits per heavy atom. The number of thioether (sulfide) groups is 1. The molecule has 0 fully saturated rings. The van der Waals surface area contributed by atoms with Crippen molar-refractivity contribution in [3.63, 3.8) is 0 Å². The summed E-state index contributed by atoms with van der Waals surface area (Å²) in [4.78, 5) is 27.4. The lowest BCUT2D eigenvalue weighted by Gasteiger charge is -2.05. The van der Waals surface area contributed by atoms with E-state index in [4.69, 9.17) is 4.42 Å². The van der Waals surface area contributed by atoms with Gasteiger partial charge in [0.15, 0.2) is 5.76 Å². The molecule has 0 aliphatic carbocycles. The van der Waals surface area contributed by atoms with Crippen molar-refractivity contribution in [3.05, 3.63) is 80.8 Å². The summed E-state index contributed by atoms with van der Waals surface area (Å²) in [6, 6.07) is 10.5. The molecule has 0 aliphatic rings. The number of thiazole rings is 1. The second kappa shape index (κ2) is 8.25. The van der Waals surface area contributed by atoms with Crippen molar-refractivity contribution in [1.29, 1.82) is 0 Å². The predicted octanol–water partition coefficient (Wildman–Crippen LogP) is 5.79. The zero-order valence-corrected chi connectivity index (χ0v) is 17.2. The Morgan fingerprint density at radius 2 is 2.13 bits per heavy atom. The van der Waals surface area contributed by atoms with Gasteiger partial charge in [-0.2, -0.15) is 4.39 Å². The first kappa shape index (κ1) is 20.0. The van der Waals surface area contributed by atoms with Gasteiger partial charge in [-0.05, 0) is 25.1 Å². The lowest BCUT2D eigenvalue weighted by molar-refractivity contribution is -0.387. The highest BCUT2D eigenvalue weighted by Gasteiger charge is 2.22. The Hall–Kier alpha value is -3.24. The second-order valence-corrected chi connectivity index (χ2v) is 8.41. The van der Waals surface area contributed by atoms with E-state index in [0.29, 0.717) is 16.9 Å². The van der Waals surface area contributed by atoms with Gasteiger partial charge in [0.25, 0.3) is 5.91 Å². The summed E-state index contributed by atoms with van der Waals surface area (Å²) in [5.74, 6) is -0.990. The summed E-state index contributed by atoms with van der Waals surface area (Å²) in [6.07, 6.45) is 0. The van der Waals surface area contributed by atoms with E-state index in [1.807, 2.05) is 24.4 Å². The molecule has 30 heavy (non-hydrogen) atoms. The average Bonchev–Trinajstić information content (AvgIpc) is 3.30. The number of para-hydroxylation sites is 1. The number of benzene rings is 2. The minimum atomic E-state index is -0.974. The Bertz CT molecular complexity index is 1270. The zero-order valence-electron chi connectivity index (χ0n) is 15.5. The molecule has 0 saturated heterocycles. The normalized spacial score (nSPS) is 11.0. The topological polar surface area (TPSA) is 98.3 Å². The monoisotopic (exact) mass is 443 g/mol. The number of hydrogen-bond donors (Lipinski definition) is 1. The van der Waals surface area contributed by atoms with E-state index >= 15 is 0 Å². The largest absolute Gasteiger partial charge is 0.451 e. The number of nitrogens with one attached hydrogen (secondary N) is 1. The molecule has 2 aromatic carbocycles. The molecule has 1 amide bonds. The lowest BCUT2D eigenvalue weighted by Crippen LogP contribution is -2.13. The fourth-order valence-electron chi connectivity index (χ4n) is 2.88. The van der Waals surface area contributed by atoms with Gasteiger partial charge in [0.1, 0.15) is 9.92 Å². The molecule has 4 rings (SSSR count). The van der Waals surface area contributed by atoms with Crippen molar-refractivity contribution in [3.8, 4) is 0 Å². The van der Waals surface area contributed by atoms with E-state index < -0.39 is 22.3 Å². The molecule has 10 heteroatoms. The number of nitrogens with zero attached hydrogens (tertiary/aromatic N) is 2. The smallest absolute Gasteiger partial charge is 0.306 e. The van der Waals surface area contributed by atoms with Crippen LogP contribution in [0.25, 0.3) is 11.0 Å². The van der Waals surface area contributed by atoms with Gasteiger partial charge < -0.3 is 9.73 Å². The molecule has 0 atom stereocenters. The molecule has 7 nitrogen and oxygen atoms in total. The molecule has 0 saturated carbocycles. The maximum absolute atomic E-state index is 13.6. The maximum Gasteiger partial charge on any atom is 0.306 e. The van der Waals surface area contributed by atoms with Crippen molar-refractivity contribution >= 4 is 51.3 Å². The quantitative estimate of drug-likeness (QED) is 0.230. The third-order valence-electron chi connectivity index (χ3n) is 4.24. The zero-order chi connectivity index (χ0) is 21.3. The van der Waals surface area contributed by atoms with Gasteiger partial charge in [-0.25, -0.2) is 4.98 Å². The number of nitro groups is 1. The van der Waals surface area contributed by atoms with Crippen LogP contribution in [0.5, 0.6) is 0 Å². The van der Waals surface area contributed by atoms with E-state index in [1.165, 1.54) is 29.2 Å². The first-order chi connectivity index (χ1) is 14.4. The highest BCUT2D eigenvalue weighted by atomic mass is 32.2. The molecule has 0 radical (unpaired) electrons. The van der Waals surface area contributed by atoms with Crippen LogP contribution in [-0.2, 0) is 5.75 Å². The van der Waals surface area contributed by atoms with E-state index in [1.54, 1.807) is 12.1 Å². The number of furan rings is 1. The molecule has 4 aromatic rings. The highest BCUT2D eigenvalue weighted by molar-refractivity contribution is 8.00. The van der Waals surface area contributed by atoms with Crippen molar-refractivity contribution < 1.29 is 18.5 Å². The summed E-state index contributed by atoms with van der Waals surface area (Å²) in [7, 11) is 0. The van der Waals surface area contributed by atoms with E-state index in [0.717, 1.165) is 27.6 Å². The van der Waals surface area contributed by atoms with Crippen LogP contribution in [0.1, 0.15) is 21.8 Å². The van der Waals surface area contributed by atoms with Gasteiger partial charge in [-0.1, -0.05) is 30.0 Å². The molecule has 0 aliphatic heterocycles. The number of hydrogen-bond acceptors (Lipinski definition) is 7. The van der Waals surface area contributed by atoms with E-state index in [-0.39, 0.29) is 11.4 Å².